The molecule has 2 rings (SSSR count). The average Bonchev–Trinajstić information content (AvgIpc) is 2.44. The molecule has 0 unspecified atom stereocenters. The number of nitrogen functional groups attached to an aromatic ring is 1. The highest BCUT2D eigenvalue weighted by Crippen LogP contribution is 2.18. The highest BCUT2D eigenvalue weighted by atomic mass is 15.1. The number of nitrogens with two attached hydrogens (primary N) is 1. The summed E-state index contributed by atoms with van der Waals surface area (Å²) in [4.78, 5) is 6.54. The molecular weight excluding hydrogens is 234 g/mol. The Morgan fingerprint density at radius 3 is 2.74 bits per heavy atom. The summed E-state index contributed by atoms with van der Waals surface area (Å²) in [6, 6.07) is 12.2. The highest BCUT2D eigenvalue weighted by molar-refractivity contribution is 5.55. The molecule has 1 aromatic carbocycles. The van der Waals surface area contributed by atoms with Gasteiger partial charge >= 0.3 is 0 Å². The molecule has 0 bridgehead atoms. The minimum Gasteiger partial charge on any atom is -0.399 e. The van der Waals surface area contributed by atoms with Gasteiger partial charge < -0.3 is 10.6 Å². The topological polar surface area (TPSA) is 42.2 Å². The Labute approximate surface area is 115 Å². The van der Waals surface area contributed by atoms with Crippen LogP contribution in [0.15, 0.2) is 48.8 Å². The number of rotatable bonds is 6. The first-order valence-corrected chi connectivity index (χ1v) is 6.79. The van der Waals surface area contributed by atoms with Gasteiger partial charge in [0, 0.05) is 36.9 Å². The van der Waals surface area contributed by atoms with Crippen molar-refractivity contribution in [1.29, 1.82) is 0 Å². The number of aromatic nitrogens is 1. The van der Waals surface area contributed by atoms with Gasteiger partial charge in [-0.05, 0) is 42.7 Å². The van der Waals surface area contributed by atoms with Crippen LogP contribution < -0.4 is 10.6 Å². The van der Waals surface area contributed by atoms with E-state index in [1.807, 2.05) is 36.7 Å². The van der Waals surface area contributed by atoms with Gasteiger partial charge in [-0.3, -0.25) is 4.98 Å². The van der Waals surface area contributed by atoms with Crippen LogP contribution in [0, 0.1) is 0 Å². The van der Waals surface area contributed by atoms with E-state index in [4.69, 9.17) is 5.73 Å². The number of anilines is 2. The van der Waals surface area contributed by atoms with Crippen molar-refractivity contribution in [3.05, 3.63) is 54.4 Å². The molecule has 0 aliphatic heterocycles. The first-order chi connectivity index (χ1) is 9.29. The van der Waals surface area contributed by atoms with Gasteiger partial charge in [-0.2, -0.15) is 0 Å². The van der Waals surface area contributed by atoms with Crippen molar-refractivity contribution in [1.82, 2.24) is 4.98 Å². The van der Waals surface area contributed by atoms with Crippen LogP contribution in [0.1, 0.15) is 18.9 Å². The van der Waals surface area contributed by atoms with Crippen molar-refractivity contribution in [2.24, 2.45) is 0 Å². The fourth-order valence-electron chi connectivity index (χ4n) is 2.17. The van der Waals surface area contributed by atoms with Gasteiger partial charge in [0.05, 0.1) is 0 Å². The molecule has 19 heavy (non-hydrogen) atoms. The van der Waals surface area contributed by atoms with Crippen LogP contribution in [0.3, 0.4) is 0 Å². The molecule has 0 saturated heterocycles. The summed E-state index contributed by atoms with van der Waals surface area (Å²) in [5.41, 5.74) is 9.15. The third kappa shape index (κ3) is 3.98. The summed E-state index contributed by atoms with van der Waals surface area (Å²) >= 11 is 0. The maximum absolute atomic E-state index is 5.86. The molecule has 0 fully saturated rings. The number of hydrogen-bond acceptors (Lipinski definition) is 3. The molecule has 0 atom stereocenters. The monoisotopic (exact) mass is 255 g/mol. The first-order valence-electron chi connectivity index (χ1n) is 6.79. The summed E-state index contributed by atoms with van der Waals surface area (Å²) in [7, 11) is 0. The molecule has 100 valence electrons. The van der Waals surface area contributed by atoms with Gasteiger partial charge in [0.15, 0.2) is 0 Å². The van der Waals surface area contributed by atoms with Gasteiger partial charge in [0.25, 0.3) is 0 Å². The predicted octanol–water partition coefficient (Wildman–Crippen LogP) is 3.12. The van der Waals surface area contributed by atoms with E-state index in [1.54, 1.807) is 0 Å². The van der Waals surface area contributed by atoms with Gasteiger partial charge in [0.2, 0.25) is 0 Å². The second-order valence-electron chi connectivity index (χ2n) is 4.69. The zero-order valence-corrected chi connectivity index (χ0v) is 11.4. The maximum atomic E-state index is 5.86. The van der Waals surface area contributed by atoms with Crippen molar-refractivity contribution in [2.75, 3.05) is 23.7 Å². The summed E-state index contributed by atoms with van der Waals surface area (Å²) < 4.78 is 0. The standard InChI is InChI=1S/C16H21N3/c1-2-10-19(16-7-3-6-15(17)12-16)11-8-14-5-4-9-18-13-14/h3-7,9,12-13H,2,8,10-11,17H2,1H3. The Hall–Kier alpha value is -2.03. The molecule has 0 radical (unpaired) electrons. The zero-order valence-electron chi connectivity index (χ0n) is 11.4. The normalized spacial score (nSPS) is 10.4. The lowest BCUT2D eigenvalue weighted by atomic mass is 10.2. The Morgan fingerprint density at radius 2 is 2.05 bits per heavy atom. The van der Waals surface area contributed by atoms with Crippen LogP contribution in [-0.2, 0) is 6.42 Å². The molecule has 3 nitrogen and oxygen atoms in total. The van der Waals surface area contributed by atoms with E-state index in [1.165, 1.54) is 11.3 Å². The molecule has 2 N–H and O–H groups in total. The van der Waals surface area contributed by atoms with Gasteiger partial charge in [-0.25, -0.2) is 0 Å². The van der Waals surface area contributed by atoms with Crippen LogP contribution in [0.5, 0.6) is 0 Å². The van der Waals surface area contributed by atoms with Crippen molar-refractivity contribution >= 4 is 11.4 Å². The number of hydrogen-bond donors (Lipinski definition) is 1. The molecule has 3 heteroatoms. The Morgan fingerprint density at radius 1 is 1.16 bits per heavy atom. The minimum atomic E-state index is 0.819. The van der Waals surface area contributed by atoms with Crippen molar-refractivity contribution in [3.63, 3.8) is 0 Å². The van der Waals surface area contributed by atoms with Gasteiger partial charge in [0.1, 0.15) is 0 Å². The maximum Gasteiger partial charge on any atom is 0.0386 e. The summed E-state index contributed by atoms with van der Waals surface area (Å²) in [5, 5.41) is 0. The van der Waals surface area contributed by atoms with E-state index in [0.717, 1.165) is 31.6 Å². The number of benzene rings is 1. The smallest absolute Gasteiger partial charge is 0.0386 e. The van der Waals surface area contributed by atoms with Crippen molar-refractivity contribution < 1.29 is 0 Å². The van der Waals surface area contributed by atoms with Crippen LogP contribution in [0.4, 0.5) is 11.4 Å². The van der Waals surface area contributed by atoms with Crippen LogP contribution in [0.2, 0.25) is 0 Å². The number of pyridine rings is 1. The summed E-state index contributed by atoms with van der Waals surface area (Å²) in [6.07, 6.45) is 5.87. The lowest BCUT2D eigenvalue weighted by Gasteiger charge is -2.24. The third-order valence-corrected chi connectivity index (χ3v) is 3.12. The fraction of sp³-hybridized carbons (Fsp3) is 0.312. The van der Waals surface area contributed by atoms with Gasteiger partial charge in [-0.15, -0.1) is 0 Å². The van der Waals surface area contributed by atoms with Crippen molar-refractivity contribution in [2.45, 2.75) is 19.8 Å². The Balaban J connectivity index is 2.04. The average molecular weight is 255 g/mol. The SMILES string of the molecule is CCCN(CCc1cccnc1)c1cccc(N)c1. The molecule has 2 aromatic rings. The summed E-state index contributed by atoms with van der Waals surface area (Å²) in [6.45, 7) is 4.23. The van der Waals surface area contributed by atoms with Gasteiger partial charge in [-0.1, -0.05) is 19.1 Å². The minimum absolute atomic E-state index is 0.819. The summed E-state index contributed by atoms with van der Waals surface area (Å²) in [5.74, 6) is 0. The molecule has 0 aliphatic carbocycles. The second-order valence-corrected chi connectivity index (χ2v) is 4.69. The lowest BCUT2D eigenvalue weighted by molar-refractivity contribution is 0.755. The highest BCUT2D eigenvalue weighted by Gasteiger charge is 2.06. The third-order valence-electron chi connectivity index (χ3n) is 3.12. The molecule has 1 heterocycles. The first kappa shape index (κ1) is 13.4. The molecule has 0 spiro atoms. The van der Waals surface area contributed by atoms with E-state index in [-0.39, 0.29) is 0 Å². The quantitative estimate of drug-likeness (QED) is 0.806. The second kappa shape index (κ2) is 6.78. The predicted molar refractivity (Wildman–Crippen MR) is 81.3 cm³/mol. The Kier molecular flexibility index (Phi) is 4.78. The van der Waals surface area contributed by atoms with E-state index in [2.05, 4.69) is 28.9 Å². The molecule has 1 aromatic heterocycles. The van der Waals surface area contributed by atoms with Crippen LogP contribution >= 0.6 is 0 Å². The van der Waals surface area contributed by atoms with E-state index in [9.17, 15) is 0 Å². The van der Waals surface area contributed by atoms with Crippen molar-refractivity contribution in [3.8, 4) is 0 Å². The molecule has 0 aliphatic rings. The lowest BCUT2D eigenvalue weighted by Crippen LogP contribution is -2.26. The molecule has 0 saturated carbocycles. The Bertz CT molecular complexity index is 496. The van der Waals surface area contributed by atoms with E-state index in [0.29, 0.717) is 0 Å². The molecular formula is C16H21N3. The molecule has 0 amide bonds. The fourth-order valence-corrected chi connectivity index (χ4v) is 2.17. The van der Waals surface area contributed by atoms with Crippen LogP contribution in [-0.4, -0.2) is 18.1 Å². The largest absolute Gasteiger partial charge is 0.399 e. The van der Waals surface area contributed by atoms with E-state index >= 15 is 0 Å². The number of nitrogens with zero attached hydrogens (tertiary/aromatic N) is 2. The van der Waals surface area contributed by atoms with Crippen LogP contribution in [0.25, 0.3) is 0 Å². The zero-order chi connectivity index (χ0) is 13.5. The van der Waals surface area contributed by atoms with E-state index < -0.39 is 0 Å².